The molecule has 0 unspecified atom stereocenters. The van der Waals surface area contributed by atoms with Gasteiger partial charge in [-0.25, -0.2) is 0 Å². The lowest BCUT2D eigenvalue weighted by Gasteiger charge is -2.46. The molecule has 0 amide bonds. The standard InChI is InChI=1S/C22H16O3/c23-21-17-9-15-16(10-18(17)22(24)25-21)20-12-6-2-1-5-11(12)19(15)13-7-3-4-8-14(13)20/h1-8,17-20H,9-10H2/t17-,18-,19?,20?/m1/s1. The first-order chi connectivity index (χ1) is 12.2. The average molecular weight is 328 g/mol. The topological polar surface area (TPSA) is 43.4 Å². The van der Waals surface area contributed by atoms with Crippen molar-refractivity contribution in [3.8, 4) is 0 Å². The van der Waals surface area contributed by atoms with Gasteiger partial charge in [0.25, 0.3) is 0 Å². The second-order valence-electron chi connectivity index (χ2n) is 7.54. The van der Waals surface area contributed by atoms with Crippen LogP contribution in [0.3, 0.4) is 0 Å². The Bertz CT molecular complexity index is 874. The number of rotatable bonds is 0. The Morgan fingerprint density at radius 3 is 1.36 bits per heavy atom. The zero-order chi connectivity index (χ0) is 16.7. The summed E-state index contributed by atoms with van der Waals surface area (Å²) in [5, 5.41) is 0. The Balaban J connectivity index is 1.60. The van der Waals surface area contributed by atoms with Gasteiger partial charge in [0, 0.05) is 11.8 Å². The number of cyclic esters (lactones) is 2. The van der Waals surface area contributed by atoms with Crippen molar-refractivity contribution in [2.45, 2.75) is 24.7 Å². The predicted octanol–water partition coefficient (Wildman–Crippen LogP) is 3.68. The van der Waals surface area contributed by atoms with Crippen molar-refractivity contribution in [3.63, 3.8) is 0 Å². The number of benzene rings is 2. The minimum Gasteiger partial charge on any atom is -0.393 e. The molecule has 0 N–H and O–H groups in total. The van der Waals surface area contributed by atoms with Crippen molar-refractivity contribution in [3.05, 3.63) is 81.9 Å². The van der Waals surface area contributed by atoms with Gasteiger partial charge in [-0.15, -0.1) is 0 Å². The van der Waals surface area contributed by atoms with Crippen molar-refractivity contribution in [2.24, 2.45) is 11.8 Å². The van der Waals surface area contributed by atoms with Gasteiger partial charge in [-0.3, -0.25) is 9.59 Å². The Hall–Kier alpha value is -2.68. The Labute approximate surface area is 145 Å². The summed E-state index contributed by atoms with van der Waals surface area (Å²) in [6.45, 7) is 0. The fourth-order valence-electron chi connectivity index (χ4n) is 5.53. The molecule has 1 heterocycles. The molecule has 5 aliphatic rings. The molecule has 4 aliphatic carbocycles. The average Bonchev–Trinajstić information content (AvgIpc) is 2.93. The van der Waals surface area contributed by atoms with Gasteiger partial charge < -0.3 is 4.74 Å². The molecule has 25 heavy (non-hydrogen) atoms. The highest BCUT2D eigenvalue weighted by Gasteiger charge is 2.53. The van der Waals surface area contributed by atoms with Crippen molar-refractivity contribution in [1.29, 1.82) is 0 Å². The molecule has 0 radical (unpaired) electrons. The van der Waals surface area contributed by atoms with E-state index in [1.165, 1.54) is 33.4 Å². The molecule has 0 saturated carbocycles. The van der Waals surface area contributed by atoms with E-state index in [1.807, 2.05) is 0 Å². The third-order valence-corrected chi connectivity index (χ3v) is 6.52. The van der Waals surface area contributed by atoms with Crippen LogP contribution in [0.1, 0.15) is 46.9 Å². The van der Waals surface area contributed by atoms with Crippen LogP contribution < -0.4 is 0 Å². The number of hydrogen-bond donors (Lipinski definition) is 0. The second-order valence-corrected chi connectivity index (χ2v) is 7.54. The molecular weight excluding hydrogens is 312 g/mol. The lowest BCUT2D eigenvalue weighted by Crippen LogP contribution is -2.35. The molecule has 0 spiro atoms. The first-order valence-corrected chi connectivity index (χ1v) is 8.89. The zero-order valence-electron chi connectivity index (χ0n) is 13.6. The quantitative estimate of drug-likeness (QED) is 0.421. The predicted molar refractivity (Wildman–Crippen MR) is 90.9 cm³/mol. The van der Waals surface area contributed by atoms with E-state index in [9.17, 15) is 9.59 Å². The fourth-order valence-corrected chi connectivity index (χ4v) is 5.53. The maximum Gasteiger partial charge on any atom is 0.317 e. The van der Waals surface area contributed by atoms with Crippen LogP contribution in [0.2, 0.25) is 0 Å². The van der Waals surface area contributed by atoms with Crippen LogP contribution in [-0.4, -0.2) is 11.9 Å². The third-order valence-electron chi connectivity index (χ3n) is 6.52. The largest absolute Gasteiger partial charge is 0.393 e. The maximum atomic E-state index is 12.1. The molecule has 7 rings (SSSR count). The van der Waals surface area contributed by atoms with E-state index in [-0.39, 0.29) is 35.6 Å². The van der Waals surface area contributed by atoms with Crippen LogP contribution in [0.15, 0.2) is 59.7 Å². The summed E-state index contributed by atoms with van der Waals surface area (Å²) in [7, 11) is 0. The molecule has 1 fully saturated rings. The van der Waals surface area contributed by atoms with Crippen LogP contribution >= 0.6 is 0 Å². The summed E-state index contributed by atoms with van der Waals surface area (Å²) in [5.74, 6) is -0.794. The highest BCUT2D eigenvalue weighted by atomic mass is 16.6. The van der Waals surface area contributed by atoms with Gasteiger partial charge in [-0.05, 0) is 35.1 Å². The first kappa shape index (κ1) is 13.6. The number of hydrogen-bond acceptors (Lipinski definition) is 3. The minimum atomic E-state index is -0.329. The van der Waals surface area contributed by atoms with Gasteiger partial charge in [-0.2, -0.15) is 0 Å². The van der Waals surface area contributed by atoms with E-state index in [0.29, 0.717) is 12.8 Å². The Kier molecular flexibility index (Phi) is 2.44. The molecule has 2 atom stereocenters. The van der Waals surface area contributed by atoms with Crippen LogP contribution in [0.25, 0.3) is 0 Å². The molecular formula is C22H16O3. The number of allylic oxidation sites excluding steroid dienone is 2. The van der Waals surface area contributed by atoms with Gasteiger partial charge in [-0.1, -0.05) is 59.7 Å². The molecule has 2 aromatic carbocycles. The number of carbonyl (C=O) groups is 2. The Morgan fingerprint density at radius 2 is 1.00 bits per heavy atom. The SMILES string of the molecule is O=C1OC(=O)[C@@H]2CC3=C(C[C@@H]12)C1c2ccccc2C3c2ccccc21. The van der Waals surface area contributed by atoms with E-state index < -0.39 is 0 Å². The van der Waals surface area contributed by atoms with Gasteiger partial charge in [0.2, 0.25) is 0 Å². The lowest BCUT2D eigenvalue weighted by atomic mass is 9.56. The molecule has 0 aromatic heterocycles. The number of carbonyl (C=O) groups excluding carboxylic acids is 2. The summed E-state index contributed by atoms with van der Waals surface area (Å²) in [4.78, 5) is 24.3. The van der Waals surface area contributed by atoms with E-state index in [1.54, 1.807) is 0 Å². The van der Waals surface area contributed by atoms with Crippen molar-refractivity contribution in [1.82, 2.24) is 0 Å². The van der Waals surface area contributed by atoms with E-state index in [0.717, 1.165) is 0 Å². The summed E-state index contributed by atoms with van der Waals surface area (Å²) < 4.78 is 4.95. The molecule has 2 bridgehead atoms. The minimum absolute atomic E-state index is 0.219. The van der Waals surface area contributed by atoms with Crippen LogP contribution in [0, 0.1) is 11.8 Å². The van der Waals surface area contributed by atoms with Crippen molar-refractivity contribution in [2.75, 3.05) is 0 Å². The maximum absolute atomic E-state index is 12.1. The molecule has 3 heteroatoms. The molecule has 122 valence electrons. The molecule has 1 aliphatic heterocycles. The normalized spacial score (nSPS) is 31.2. The summed E-state index contributed by atoms with van der Waals surface area (Å²) in [6.07, 6.45) is 1.32. The van der Waals surface area contributed by atoms with Crippen molar-refractivity contribution < 1.29 is 14.3 Å². The van der Waals surface area contributed by atoms with E-state index in [4.69, 9.17) is 4.74 Å². The monoisotopic (exact) mass is 328 g/mol. The number of ether oxygens (including phenoxy) is 1. The third kappa shape index (κ3) is 1.56. The number of esters is 2. The van der Waals surface area contributed by atoms with Gasteiger partial charge in [0.15, 0.2) is 0 Å². The Morgan fingerprint density at radius 1 is 0.640 bits per heavy atom. The van der Waals surface area contributed by atoms with E-state index >= 15 is 0 Å². The smallest absolute Gasteiger partial charge is 0.317 e. The molecule has 1 saturated heterocycles. The van der Waals surface area contributed by atoms with Crippen LogP contribution in [0.4, 0.5) is 0 Å². The zero-order valence-corrected chi connectivity index (χ0v) is 13.6. The lowest BCUT2D eigenvalue weighted by molar-refractivity contribution is -0.153. The first-order valence-electron chi connectivity index (χ1n) is 8.89. The number of fused-ring (bicyclic) bond motifs is 1. The van der Waals surface area contributed by atoms with E-state index in [2.05, 4.69) is 48.5 Å². The summed E-state index contributed by atoms with van der Waals surface area (Å²) in [6, 6.07) is 17.3. The van der Waals surface area contributed by atoms with Gasteiger partial charge in [0.05, 0.1) is 11.8 Å². The van der Waals surface area contributed by atoms with Gasteiger partial charge in [0.1, 0.15) is 0 Å². The summed E-state index contributed by atoms with van der Waals surface area (Å²) >= 11 is 0. The molecule has 3 nitrogen and oxygen atoms in total. The van der Waals surface area contributed by atoms with Crippen LogP contribution in [-0.2, 0) is 14.3 Å². The van der Waals surface area contributed by atoms with Crippen LogP contribution in [0.5, 0.6) is 0 Å². The highest BCUT2D eigenvalue weighted by Crippen LogP contribution is 2.60. The highest BCUT2D eigenvalue weighted by molar-refractivity contribution is 5.97. The fraction of sp³-hybridized carbons (Fsp3) is 0.273. The second kappa shape index (κ2) is 4.48. The van der Waals surface area contributed by atoms with Crippen molar-refractivity contribution >= 4 is 11.9 Å². The van der Waals surface area contributed by atoms with Gasteiger partial charge >= 0.3 is 11.9 Å². The molecule has 2 aromatic rings. The summed E-state index contributed by atoms with van der Waals surface area (Å²) in [5.41, 5.74) is 8.16.